The third-order valence-electron chi connectivity index (χ3n) is 4.70. The van der Waals surface area contributed by atoms with E-state index in [-0.39, 0.29) is 18.9 Å². The van der Waals surface area contributed by atoms with Crippen molar-refractivity contribution in [2.45, 2.75) is 13.0 Å². The highest BCUT2D eigenvalue weighted by Gasteiger charge is 2.15. The zero-order valence-corrected chi connectivity index (χ0v) is 16.4. The van der Waals surface area contributed by atoms with E-state index in [1.807, 2.05) is 48.5 Å². The van der Waals surface area contributed by atoms with Gasteiger partial charge in [-0.3, -0.25) is 4.79 Å². The Balaban J connectivity index is 1.26. The predicted molar refractivity (Wildman–Crippen MR) is 112 cm³/mol. The standard InChI is InChI=1S/C23H15ClN2O4/c24-16-6-3-5-15(10-16)23-25-21(30-26-23)13-28-22(27)12-17-11-19-18-7-2-1-4-14(18)8-9-20(19)29-17/h1-11H,12-13H2. The van der Waals surface area contributed by atoms with Crippen molar-refractivity contribution in [3.05, 3.63) is 83.4 Å². The summed E-state index contributed by atoms with van der Waals surface area (Å²) in [6, 6.07) is 20.9. The number of benzene rings is 3. The largest absolute Gasteiger partial charge is 0.460 e. The van der Waals surface area contributed by atoms with E-state index in [0.717, 1.165) is 27.3 Å². The molecule has 0 aliphatic rings. The number of rotatable bonds is 5. The van der Waals surface area contributed by atoms with Crippen LogP contribution < -0.4 is 0 Å². The summed E-state index contributed by atoms with van der Waals surface area (Å²) in [4.78, 5) is 16.5. The lowest BCUT2D eigenvalue weighted by atomic mass is 10.1. The predicted octanol–water partition coefficient (Wildman–Crippen LogP) is 5.58. The van der Waals surface area contributed by atoms with Crippen molar-refractivity contribution in [1.29, 1.82) is 0 Å². The van der Waals surface area contributed by atoms with Crippen molar-refractivity contribution in [2.24, 2.45) is 0 Å². The highest BCUT2D eigenvalue weighted by Crippen LogP contribution is 2.28. The number of fused-ring (bicyclic) bond motifs is 3. The fourth-order valence-corrected chi connectivity index (χ4v) is 3.52. The van der Waals surface area contributed by atoms with E-state index in [4.69, 9.17) is 25.3 Å². The molecule has 0 aliphatic heterocycles. The smallest absolute Gasteiger partial charge is 0.313 e. The summed E-state index contributed by atoms with van der Waals surface area (Å²) in [5, 5.41) is 7.64. The highest BCUT2D eigenvalue weighted by atomic mass is 35.5. The van der Waals surface area contributed by atoms with Gasteiger partial charge in [0.05, 0.1) is 0 Å². The minimum absolute atomic E-state index is 0.0122. The molecule has 2 heterocycles. The molecule has 0 N–H and O–H groups in total. The van der Waals surface area contributed by atoms with Crippen molar-refractivity contribution in [3.8, 4) is 11.4 Å². The van der Waals surface area contributed by atoms with Crippen LogP contribution in [-0.4, -0.2) is 16.1 Å². The van der Waals surface area contributed by atoms with Crippen LogP contribution in [0.1, 0.15) is 11.7 Å². The van der Waals surface area contributed by atoms with E-state index in [0.29, 0.717) is 16.6 Å². The van der Waals surface area contributed by atoms with Gasteiger partial charge in [-0.05, 0) is 35.0 Å². The van der Waals surface area contributed by atoms with Gasteiger partial charge in [-0.15, -0.1) is 0 Å². The Bertz CT molecular complexity index is 1370. The van der Waals surface area contributed by atoms with E-state index >= 15 is 0 Å². The lowest BCUT2D eigenvalue weighted by Gasteiger charge is -1.99. The lowest BCUT2D eigenvalue weighted by molar-refractivity contribution is -0.145. The van der Waals surface area contributed by atoms with Crippen LogP contribution in [-0.2, 0) is 22.6 Å². The summed E-state index contributed by atoms with van der Waals surface area (Å²) in [5.74, 6) is 0.680. The van der Waals surface area contributed by atoms with Crippen LogP contribution in [0.25, 0.3) is 33.1 Å². The molecule has 0 fully saturated rings. The molecule has 7 heteroatoms. The molecular formula is C23H15ClN2O4. The Morgan fingerprint density at radius 3 is 2.80 bits per heavy atom. The Kier molecular flexibility index (Phi) is 4.69. The van der Waals surface area contributed by atoms with Crippen LogP contribution in [0.4, 0.5) is 0 Å². The zero-order valence-electron chi connectivity index (χ0n) is 15.7. The normalized spacial score (nSPS) is 11.2. The second kappa shape index (κ2) is 7.65. The first kappa shape index (κ1) is 18.4. The van der Waals surface area contributed by atoms with E-state index in [1.54, 1.807) is 18.2 Å². The molecule has 0 spiro atoms. The SMILES string of the molecule is O=C(Cc1cc2c(ccc3ccccc32)o1)OCc1nc(-c2cccc(Cl)c2)no1. The van der Waals surface area contributed by atoms with Gasteiger partial charge in [0.1, 0.15) is 17.8 Å². The molecule has 5 rings (SSSR count). The number of nitrogens with zero attached hydrogens (tertiary/aromatic N) is 2. The van der Waals surface area contributed by atoms with E-state index in [9.17, 15) is 4.79 Å². The second-order valence-electron chi connectivity index (χ2n) is 6.77. The Labute approximate surface area is 176 Å². The molecule has 0 amide bonds. The van der Waals surface area contributed by atoms with Gasteiger partial charge in [-0.25, -0.2) is 0 Å². The second-order valence-corrected chi connectivity index (χ2v) is 7.21. The summed E-state index contributed by atoms with van der Waals surface area (Å²) in [6.07, 6.45) is 0.0122. The maximum Gasteiger partial charge on any atom is 0.313 e. The molecule has 148 valence electrons. The molecule has 0 bridgehead atoms. The molecule has 5 aromatic rings. The van der Waals surface area contributed by atoms with Crippen molar-refractivity contribution < 1.29 is 18.5 Å². The zero-order chi connectivity index (χ0) is 20.5. The molecule has 0 saturated heterocycles. The number of hydrogen-bond donors (Lipinski definition) is 0. The first-order chi connectivity index (χ1) is 14.7. The number of ether oxygens (including phenoxy) is 1. The van der Waals surface area contributed by atoms with E-state index in [2.05, 4.69) is 10.1 Å². The van der Waals surface area contributed by atoms with Crippen LogP contribution in [0.3, 0.4) is 0 Å². The van der Waals surface area contributed by atoms with Crippen molar-refractivity contribution in [1.82, 2.24) is 10.1 Å². The average molecular weight is 419 g/mol. The molecule has 3 aromatic carbocycles. The van der Waals surface area contributed by atoms with Crippen molar-refractivity contribution in [3.63, 3.8) is 0 Å². The number of hydrogen-bond acceptors (Lipinski definition) is 6. The maximum absolute atomic E-state index is 12.3. The summed E-state index contributed by atoms with van der Waals surface area (Å²) < 4.78 is 16.2. The van der Waals surface area contributed by atoms with Gasteiger partial charge in [0, 0.05) is 16.0 Å². The number of carbonyl (C=O) groups is 1. The molecule has 0 atom stereocenters. The summed E-state index contributed by atoms with van der Waals surface area (Å²) in [5.41, 5.74) is 1.46. The number of halogens is 1. The van der Waals surface area contributed by atoms with E-state index in [1.165, 1.54) is 0 Å². The molecule has 6 nitrogen and oxygen atoms in total. The monoisotopic (exact) mass is 418 g/mol. The third kappa shape index (κ3) is 3.65. The lowest BCUT2D eigenvalue weighted by Crippen LogP contribution is -2.07. The van der Waals surface area contributed by atoms with Gasteiger partial charge in [-0.1, -0.05) is 59.2 Å². The van der Waals surface area contributed by atoms with Gasteiger partial charge in [0.25, 0.3) is 5.89 Å². The highest BCUT2D eigenvalue weighted by molar-refractivity contribution is 6.30. The van der Waals surface area contributed by atoms with Crippen LogP contribution in [0.15, 0.2) is 75.7 Å². The Hall–Kier alpha value is -3.64. The Morgan fingerprint density at radius 2 is 1.90 bits per heavy atom. The molecule has 30 heavy (non-hydrogen) atoms. The fraction of sp³-hybridized carbons (Fsp3) is 0.0870. The van der Waals surface area contributed by atoms with Gasteiger partial charge in [-0.2, -0.15) is 4.98 Å². The van der Waals surface area contributed by atoms with Gasteiger partial charge in [0.2, 0.25) is 5.82 Å². The quantitative estimate of drug-likeness (QED) is 0.347. The molecule has 0 saturated carbocycles. The van der Waals surface area contributed by atoms with Gasteiger partial charge >= 0.3 is 5.97 Å². The third-order valence-corrected chi connectivity index (χ3v) is 4.94. The topological polar surface area (TPSA) is 78.4 Å². The van der Waals surface area contributed by atoms with Crippen molar-refractivity contribution >= 4 is 39.3 Å². The minimum Gasteiger partial charge on any atom is -0.460 e. The summed E-state index contributed by atoms with van der Waals surface area (Å²) >= 11 is 5.98. The van der Waals surface area contributed by atoms with Crippen LogP contribution in [0.5, 0.6) is 0 Å². The molecular weight excluding hydrogens is 404 g/mol. The van der Waals surface area contributed by atoms with Crippen LogP contribution in [0.2, 0.25) is 5.02 Å². The van der Waals surface area contributed by atoms with Crippen molar-refractivity contribution in [2.75, 3.05) is 0 Å². The molecule has 0 unspecified atom stereocenters. The summed E-state index contributed by atoms with van der Waals surface area (Å²) in [7, 11) is 0. The number of aromatic nitrogens is 2. The first-order valence-electron chi connectivity index (χ1n) is 9.30. The first-order valence-corrected chi connectivity index (χ1v) is 9.68. The minimum atomic E-state index is -0.444. The molecule has 0 aliphatic carbocycles. The van der Waals surface area contributed by atoms with Gasteiger partial charge < -0.3 is 13.7 Å². The number of carbonyl (C=O) groups excluding carboxylic acids is 1. The van der Waals surface area contributed by atoms with Crippen LogP contribution in [0, 0.1) is 0 Å². The fourth-order valence-electron chi connectivity index (χ4n) is 3.33. The van der Waals surface area contributed by atoms with Crippen LogP contribution >= 0.6 is 11.6 Å². The molecule has 0 radical (unpaired) electrons. The number of esters is 1. The Morgan fingerprint density at radius 1 is 1.00 bits per heavy atom. The van der Waals surface area contributed by atoms with Gasteiger partial charge in [0.15, 0.2) is 6.61 Å². The maximum atomic E-state index is 12.3. The van der Waals surface area contributed by atoms with E-state index < -0.39 is 5.97 Å². The number of furan rings is 1. The molecule has 2 aromatic heterocycles. The average Bonchev–Trinajstić information content (AvgIpc) is 3.39. The summed E-state index contributed by atoms with van der Waals surface area (Å²) in [6.45, 7) is -0.116.